The largest absolute Gasteiger partial charge is 0.467 e. The lowest BCUT2D eigenvalue weighted by molar-refractivity contribution is -0.143. The Balaban J connectivity index is 1.44. The quantitative estimate of drug-likeness (QED) is 0.236. The minimum Gasteiger partial charge on any atom is -0.467 e. The number of pyridine rings is 2. The maximum Gasteiger partial charge on any atom is 0.418 e. The van der Waals surface area contributed by atoms with E-state index in [2.05, 4.69) is 15.3 Å². The Hall–Kier alpha value is -4.59. The van der Waals surface area contributed by atoms with E-state index in [0.717, 1.165) is 25.3 Å². The average molecular weight is 618 g/mol. The minimum absolute atomic E-state index is 0.0866. The van der Waals surface area contributed by atoms with E-state index < -0.39 is 46.9 Å². The average Bonchev–Trinajstić information content (AvgIpc) is 3.47. The molecule has 232 valence electrons. The van der Waals surface area contributed by atoms with Crippen LogP contribution in [0.1, 0.15) is 34.1 Å². The van der Waals surface area contributed by atoms with E-state index in [1.807, 2.05) is 6.92 Å². The van der Waals surface area contributed by atoms with Gasteiger partial charge in [-0.3, -0.25) is 9.78 Å². The Labute approximate surface area is 248 Å². The highest BCUT2D eigenvalue weighted by atomic mass is 19.4. The van der Waals surface area contributed by atoms with Crippen LogP contribution in [0, 0.1) is 18.6 Å². The van der Waals surface area contributed by atoms with Gasteiger partial charge in [0.05, 0.1) is 31.6 Å². The third-order valence-electron chi connectivity index (χ3n) is 7.38. The summed E-state index contributed by atoms with van der Waals surface area (Å²) in [6.45, 7) is 4.51. The molecule has 9 nitrogen and oxygen atoms in total. The van der Waals surface area contributed by atoms with Crippen LogP contribution in [0.2, 0.25) is 0 Å². The van der Waals surface area contributed by atoms with Gasteiger partial charge in [0.15, 0.2) is 0 Å². The second-order valence-electron chi connectivity index (χ2n) is 10.4. The summed E-state index contributed by atoms with van der Waals surface area (Å²) >= 11 is 0. The zero-order valence-corrected chi connectivity index (χ0v) is 23.9. The number of rotatable bonds is 7. The fourth-order valence-corrected chi connectivity index (χ4v) is 5.25. The van der Waals surface area contributed by atoms with Crippen LogP contribution in [0.3, 0.4) is 0 Å². The monoisotopic (exact) mass is 617 g/mol. The van der Waals surface area contributed by atoms with Crippen molar-refractivity contribution < 1.29 is 41.0 Å². The number of anilines is 1. The summed E-state index contributed by atoms with van der Waals surface area (Å²) in [5, 5.41) is 2.34. The van der Waals surface area contributed by atoms with E-state index in [-0.39, 0.29) is 35.1 Å². The molecule has 0 bridgehead atoms. The molecule has 1 aliphatic heterocycles. The number of fused-ring (bicyclic) bond motifs is 1. The first-order chi connectivity index (χ1) is 20.9. The molecule has 14 heteroatoms. The van der Waals surface area contributed by atoms with Gasteiger partial charge >= 0.3 is 12.1 Å². The first-order valence-corrected chi connectivity index (χ1v) is 13.6. The van der Waals surface area contributed by atoms with Crippen molar-refractivity contribution in [3.63, 3.8) is 0 Å². The molecule has 0 spiro atoms. The van der Waals surface area contributed by atoms with Gasteiger partial charge in [-0.2, -0.15) is 13.2 Å². The number of hydrogen-bond donors (Lipinski definition) is 1. The molecular formula is C30H28F5N5O4. The molecule has 0 saturated carbocycles. The number of aromatic nitrogens is 3. The van der Waals surface area contributed by atoms with Crippen LogP contribution in [0.15, 0.2) is 48.9 Å². The topological polar surface area (TPSA) is 98.1 Å². The number of benzene rings is 1. The summed E-state index contributed by atoms with van der Waals surface area (Å²) in [5.41, 5.74) is -1.03. The lowest BCUT2D eigenvalue weighted by atomic mass is 10.0. The van der Waals surface area contributed by atoms with Crippen LogP contribution in [-0.2, 0) is 26.9 Å². The summed E-state index contributed by atoms with van der Waals surface area (Å²) in [6.07, 6.45) is -0.785. The van der Waals surface area contributed by atoms with Gasteiger partial charge in [-0.05, 0) is 49.7 Å². The molecule has 1 aliphatic rings. The molecule has 1 aromatic carbocycles. The van der Waals surface area contributed by atoms with Gasteiger partial charge in [0.1, 0.15) is 28.9 Å². The third-order valence-corrected chi connectivity index (χ3v) is 7.38. The molecule has 1 saturated heterocycles. The van der Waals surface area contributed by atoms with Crippen molar-refractivity contribution in [2.75, 3.05) is 31.8 Å². The van der Waals surface area contributed by atoms with Crippen molar-refractivity contribution >= 4 is 23.2 Å². The number of hydrogen-bond acceptors (Lipinski definition) is 7. The highest BCUT2D eigenvalue weighted by Gasteiger charge is 2.36. The number of alkyl halides is 3. The predicted molar refractivity (Wildman–Crippen MR) is 149 cm³/mol. The van der Waals surface area contributed by atoms with E-state index in [9.17, 15) is 22.8 Å². The van der Waals surface area contributed by atoms with Crippen molar-refractivity contribution in [1.29, 1.82) is 0 Å². The van der Waals surface area contributed by atoms with E-state index in [4.69, 9.17) is 9.47 Å². The Bertz CT molecular complexity index is 1700. The Morgan fingerprint density at radius 3 is 2.55 bits per heavy atom. The molecule has 0 radical (unpaired) electrons. The van der Waals surface area contributed by atoms with Crippen LogP contribution in [0.4, 0.5) is 27.6 Å². The first-order valence-electron chi connectivity index (χ1n) is 13.6. The van der Waals surface area contributed by atoms with Crippen molar-refractivity contribution in [3.8, 4) is 11.3 Å². The van der Waals surface area contributed by atoms with Crippen LogP contribution < -0.4 is 10.2 Å². The number of carbonyl (C=O) groups is 2. The summed E-state index contributed by atoms with van der Waals surface area (Å²) < 4.78 is 83.5. The van der Waals surface area contributed by atoms with Crippen molar-refractivity contribution in [3.05, 3.63) is 82.9 Å². The zero-order valence-electron chi connectivity index (χ0n) is 23.9. The number of aryl methyl sites for hydroxylation is 1. The SMILES string of the molecule is COC(=O)[C@H](Cc1ccc(-c2ncc(C)cc2C(F)(F)F)c2nccn12)NC(=O)c1c(F)cc(N2CCOC[C@@H]2C)cc1F. The highest BCUT2D eigenvalue weighted by Crippen LogP contribution is 2.37. The van der Waals surface area contributed by atoms with Gasteiger partial charge in [0, 0.05) is 54.5 Å². The smallest absolute Gasteiger partial charge is 0.418 e. The molecule has 0 aliphatic carbocycles. The normalized spacial score (nSPS) is 16.2. The number of morpholine rings is 1. The number of carbonyl (C=O) groups excluding carboxylic acids is 2. The minimum atomic E-state index is -4.68. The van der Waals surface area contributed by atoms with Gasteiger partial charge < -0.3 is 24.1 Å². The van der Waals surface area contributed by atoms with Gasteiger partial charge in [-0.15, -0.1) is 0 Å². The number of imidazole rings is 1. The Morgan fingerprint density at radius 1 is 1.16 bits per heavy atom. The van der Waals surface area contributed by atoms with Crippen LogP contribution in [0.5, 0.6) is 0 Å². The Morgan fingerprint density at radius 2 is 1.89 bits per heavy atom. The summed E-state index contributed by atoms with van der Waals surface area (Å²) in [7, 11) is 1.08. The molecule has 44 heavy (non-hydrogen) atoms. The highest BCUT2D eigenvalue weighted by molar-refractivity contribution is 5.97. The van der Waals surface area contributed by atoms with Gasteiger partial charge in [0.2, 0.25) is 0 Å². The first kappa shape index (κ1) is 30.9. The summed E-state index contributed by atoms with van der Waals surface area (Å²) in [5.74, 6) is -4.33. The number of methoxy groups -OCH3 is 1. The number of ether oxygens (including phenoxy) is 2. The molecule has 1 fully saturated rings. The van der Waals surface area contributed by atoms with Gasteiger partial charge in [-0.1, -0.05) is 0 Å². The maximum absolute atomic E-state index is 15.1. The molecule has 5 rings (SSSR count). The number of esters is 1. The Kier molecular flexibility index (Phi) is 8.55. The second-order valence-corrected chi connectivity index (χ2v) is 10.4. The zero-order chi connectivity index (χ0) is 31.8. The molecule has 3 aromatic heterocycles. The lowest BCUT2D eigenvalue weighted by Gasteiger charge is -2.35. The molecule has 1 amide bonds. The maximum atomic E-state index is 15.1. The number of amides is 1. The van der Waals surface area contributed by atoms with Crippen molar-refractivity contribution in [2.24, 2.45) is 0 Å². The van der Waals surface area contributed by atoms with Crippen molar-refractivity contribution in [2.45, 2.75) is 38.5 Å². The molecule has 4 aromatic rings. The van der Waals surface area contributed by atoms with Gasteiger partial charge in [-0.25, -0.2) is 18.6 Å². The third kappa shape index (κ3) is 6.07. The van der Waals surface area contributed by atoms with Gasteiger partial charge in [0.25, 0.3) is 5.91 Å². The summed E-state index contributed by atoms with van der Waals surface area (Å²) in [6, 6.07) is 4.37. The van der Waals surface area contributed by atoms with Crippen LogP contribution in [0.25, 0.3) is 16.9 Å². The molecule has 2 atom stereocenters. The van der Waals surface area contributed by atoms with E-state index >= 15 is 8.78 Å². The predicted octanol–water partition coefficient (Wildman–Crippen LogP) is 4.74. The fourth-order valence-electron chi connectivity index (χ4n) is 5.25. The van der Waals surface area contributed by atoms with E-state index in [1.165, 1.54) is 42.0 Å². The van der Waals surface area contributed by atoms with Crippen LogP contribution in [-0.4, -0.2) is 65.2 Å². The molecule has 1 N–H and O–H groups in total. The van der Waals surface area contributed by atoms with Crippen molar-refractivity contribution in [1.82, 2.24) is 19.7 Å². The molecular weight excluding hydrogens is 589 g/mol. The molecule has 0 unspecified atom stereocenters. The van der Waals surface area contributed by atoms with Crippen LogP contribution >= 0.6 is 0 Å². The molecule has 4 heterocycles. The van der Waals surface area contributed by atoms with E-state index in [0.29, 0.717) is 31.0 Å². The standard InChI is InChI=1S/C30H28F5N5O4/c1-16-10-21(30(33,34)35)26(37-14-16)20-5-4-18(40-7-6-36-27(20)40)13-24(29(42)43-3)38-28(41)25-22(31)11-19(12-23(25)32)39-8-9-44-15-17(39)2/h4-7,10-12,14,17,24H,8-9,13,15H2,1-3H3,(H,38,41)/t17-,24-/m0/s1. The fraction of sp³-hybridized carbons (Fsp3) is 0.333. The summed E-state index contributed by atoms with van der Waals surface area (Å²) in [4.78, 5) is 35.8. The number of halogens is 5. The number of nitrogens with one attached hydrogen (secondary N) is 1. The lowest BCUT2D eigenvalue weighted by Crippen LogP contribution is -2.44. The second kappa shape index (κ2) is 12.2. The van der Waals surface area contributed by atoms with E-state index in [1.54, 1.807) is 4.90 Å². The number of nitrogens with zero attached hydrogens (tertiary/aromatic N) is 4.